The van der Waals surface area contributed by atoms with Gasteiger partial charge in [0.25, 0.3) is 11.5 Å². The number of carbonyl (C=O) groups excluding carboxylic acids is 1. The molecule has 0 aliphatic carbocycles. The molecule has 184 valence electrons. The summed E-state index contributed by atoms with van der Waals surface area (Å²) in [6, 6.07) is 6.14. The first-order valence-corrected chi connectivity index (χ1v) is 11.0. The van der Waals surface area contributed by atoms with Gasteiger partial charge >= 0.3 is 0 Å². The maximum atomic E-state index is 15.3. The van der Waals surface area contributed by atoms with Crippen molar-refractivity contribution < 1.29 is 28.5 Å². The number of aliphatic hydroxyl groups is 2. The molecule has 4 N–H and O–H groups in total. The number of piperazine rings is 1. The number of rotatable bonds is 4. The fourth-order valence-electron chi connectivity index (χ4n) is 4.53. The lowest BCUT2D eigenvalue weighted by Crippen LogP contribution is -2.46. The lowest BCUT2D eigenvalue weighted by atomic mass is 10.0. The van der Waals surface area contributed by atoms with Crippen LogP contribution in [0.4, 0.5) is 14.5 Å². The molecule has 1 fully saturated rings. The summed E-state index contributed by atoms with van der Waals surface area (Å²) in [5.74, 6) is -4.28. The topological polar surface area (TPSA) is 131 Å². The first-order valence-electron chi connectivity index (χ1n) is 11.0. The van der Waals surface area contributed by atoms with Gasteiger partial charge in [0.15, 0.2) is 5.82 Å². The van der Waals surface area contributed by atoms with Gasteiger partial charge in [0, 0.05) is 50.7 Å². The number of amides is 1. The number of hydrogen-bond donors (Lipinski definition) is 4. The van der Waals surface area contributed by atoms with E-state index in [4.69, 9.17) is 4.74 Å². The lowest BCUT2D eigenvalue weighted by molar-refractivity contribution is -0.174. The van der Waals surface area contributed by atoms with Crippen molar-refractivity contribution >= 4 is 22.5 Å². The number of aromatic nitrogens is 2. The number of fused-ring (bicyclic) bond motifs is 3. The van der Waals surface area contributed by atoms with Crippen LogP contribution in [-0.2, 0) is 12.3 Å². The average molecular weight is 487 g/mol. The van der Waals surface area contributed by atoms with Crippen molar-refractivity contribution in [1.29, 1.82) is 0 Å². The fraction of sp³-hybridized carbons (Fsp3) is 0.348. The molecule has 2 aliphatic heterocycles. The second kappa shape index (κ2) is 8.56. The molecule has 1 amide bonds. The van der Waals surface area contributed by atoms with Crippen LogP contribution in [0.25, 0.3) is 10.9 Å². The number of aromatic amines is 1. The molecule has 0 unspecified atom stereocenters. The van der Waals surface area contributed by atoms with Gasteiger partial charge in [-0.1, -0.05) is 6.07 Å². The number of nitrogens with one attached hydrogen (secondary N) is 2. The molecule has 0 atom stereocenters. The molecule has 2 aliphatic rings. The highest BCUT2D eigenvalue weighted by molar-refractivity contribution is 5.92. The zero-order valence-electron chi connectivity index (χ0n) is 18.8. The molecule has 1 saturated heterocycles. The van der Waals surface area contributed by atoms with E-state index in [1.807, 2.05) is 9.80 Å². The predicted octanol–water partition coefficient (Wildman–Crippen LogP) is 0.413. The van der Waals surface area contributed by atoms with Crippen molar-refractivity contribution in [3.05, 3.63) is 63.2 Å². The van der Waals surface area contributed by atoms with Gasteiger partial charge in [-0.2, -0.15) is 4.39 Å². The number of carbonyl (C=O) groups is 1. The highest BCUT2D eigenvalue weighted by Crippen LogP contribution is 2.38. The minimum atomic E-state index is -2.43. The maximum Gasteiger partial charge on any atom is 0.269 e. The third kappa shape index (κ3) is 3.99. The minimum absolute atomic E-state index is 0.00285. The summed E-state index contributed by atoms with van der Waals surface area (Å²) in [5.41, 5.74) is -0.578. The molecule has 0 radical (unpaired) electrons. The standard InChI is InChI=1S/C23H23F2N5O5/c1-26-21(31)14-4-5-15(20(25)27-14)30-8-6-29(7-9-30)10-12-2-3-13-18(17(12)24)28-22(32)16-19(13)35-11-23(16,33)34/h2-5,33-34H,6-11H2,1H3,(H,26,31)(H,28,32). The van der Waals surface area contributed by atoms with Gasteiger partial charge in [-0.25, -0.2) is 9.37 Å². The third-order valence-corrected chi connectivity index (χ3v) is 6.37. The Morgan fingerprint density at radius 3 is 2.63 bits per heavy atom. The number of H-pyrrole nitrogens is 1. The Kier molecular flexibility index (Phi) is 5.66. The summed E-state index contributed by atoms with van der Waals surface area (Å²) >= 11 is 0. The van der Waals surface area contributed by atoms with E-state index in [-0.39, 0.29) is 34.5 Å². The minimum Gasteiger partial charge on any atom is -0.486 e. The Morgan fingerprint density at radius 2 is 1.94 bits per heavy atom. The highest BCUT2D eigenvalue weighted by atomic mass is 19.1. The maximum absolute atomic E-state index is 15.3. The van der Waals surface area contributed by atoms with E-state index in [2.05, 4.69) is 15.3 Å². The van der Waals surface area contributed by atoms with Crippen LogP contribution in [0.2, 0.25) is 0 Å². The van der Waals surface area contributed by atoms with Crippen LogP contribution >= 0.6 is 0 Å². The number of halogens is 2. The second-order valence-corrected chi connectivity index (χ2v) is 8.57. The number of hydrogen-bond acceptors (Lipinski definition) is 8. The van der Waals surface area contributed by atoms with Crippen molar-refractivity contribution in [3.8, 4) is 5.75 Å². The Morgan fingerprint density at radius 1 is 1.20 bits per heavy atom. The number of benzene rings is 1. The summed E-state index contributed by atoms with van der Waals surface area (Å²) in [4.78, 5) is 34.0. The Labute approximate surface area is 197 Å². The Bertz CT molecular complexity index is 1380. The van der Waals surface area contributed by atoms with Crippen molar-refractivity contribution in [3.63, 3.8) is 0 Å². The number of nitrogens with zero attached hydrogens (tertiary/aromatic N) is 3. The van der Waals surface area contributed by atoms with Crippen molar-refractivity contribution in [2.24, 2.45) is 0 Å². The van der Waals surface area contributed by atoms with Crippen LogP contribution in [0.3, 0.4) is 0 Å². The van der Waals surface area contributed by atoms with E-state index in [0.29, 0.717) is 37.4 Å². The lowest BCUT2D eigenvalue weighted by Gasteiger charge is -2.36. The molecular weight excluding hydrogens is 464 g/mol. The number of ether oxygens (including phenoxy) is 1. The molecule has 35 heavy (non-hydrogen) atoms. The van der Waals surface area contributed by atoms with Gasteiger partial charge in [-0.15, -0.1) is 0 Å². The summed E-state index contributed by atoms with van der Waals surface area (Å²) < 4.78 is 35.1. The zero-order chi connectivity index (χ0) is 24.9. The van der Waals surface area contributed by atoms with E-state index in [1.54, 1.807) is 12.1 Å². The molecule has 4 heterocycles. The summed E-state index contributed by atoms with van der Waals surface area (Å²) in [7, 11) is 1.44. The van der Waals surface area contributed by atoms with E-state index < -0.39 is 35.6 Å². The molecule has 3 aromatic rings. The van der Waals surface area contributed by atoms with Gasteiger partial charge in [0.2, 0.25) is 11.7 Å². The third-order valence-electron chi connectivity index (χ3n) is 6.37. The van der Waals surface area contributed by atoms with Gasteiger partial charge in [-0.3, -0.25) is 14.5 Å². The van der Waals surface area contributed by atoms with Crippen LogP contribution in [-0.4, -0.2) is 70.8 Å². The first kappa shape index (κ1) is 23.1. The molecule has 2 aromatic heterocycles. The largest absolute Gasteiger partial charge is 0.486 e. The van der Waals surface area contributed by atoms with Gasteiger partial charge in [0.05, 0.1) is 11.2 Å². The summed E-state index contributed by atoms with van der Waals surface area (Å²) in [6.45, 7) is 1.74. The van der Waals surface area contributed by atoms with Crippen LogP contribution in [0.1, 0.15) is 21.6 Å². The van der Waals surface area contributed by atoms with Crippen LogP contribution in [0, 0.1) is 11.8 Å². The Hall–Kier alpha value is -3.61. The molecule has 10 nitrogen and oxygen atoms in total. The van der Waals surface area contributed by atoms with Gasteiger partial charge in [-0.05, 0) is 18.2 Å². The van der Waals surface area contributed by atoms with E-state index in [9.17, 15) is 24.2 Å². The first-order chi connectivity index (χ1) is 16.7. The zero-order valence-corrected chi connectivity index (χ0v) is 18.8. The monoisotopic (exact) mass is 487 g/mol. The van der Waals surface area contributed by atoms with Crippen molar-refractivity contribution in [2.75, 3.05) is 44.7 Å². The van der Waals surface area contributed by atoms with E-state index in [0.717, 1.165) is 0 Å². The highest BCUT2D eigenvalue weighted by Gasteiger charge is 2.41. The van der Waals surface area contributed by atoms with Crippen LogP contribution in [0.5, 0.6) is 5.75 Å². The molecule has 5 rings (SSSR count). The molecule has 0 saturated carbocycles. The van der Waals surface area contributed by atoms with Crippen LogP contribution < -0.4 is 20.5 Å². The summed E-state index contributed by atoms with van der Waals surface area (Å²) in [6.07, 6.45) is 0. The quantitative estimate of drug-likeness (QED) is 0.308. The Balaban J connectivity index is 1.32. The van der Waals surface area contributed by atoms with E-state index in [1.165, 1.54) is 19.2 Å². The van der Waals surface area contributed by atoms with Crippen LogP contribution in [0.15, 0.2) is 29.1 Å². The molecule has 0 spiro atoms. The SMILES string of the molecule is CNC(=O)c1ccc(N2CCN(Cc3ccc4c5c(c(=O)[nH]c4c3F)C(O)(O)CO5)CC2)c(F)n1. The second-order valence-electron chi connectivity index (χ2n) is 8.57. The molecular formula is C23H23F2N5O5. The van der Waals surface area contributed by atoms with Gasteiger partial charge < -0.3 is 30.2 Å². The van der Waals surface area contributed by atoms with Crippen molar-refractivity contribution in [1.82, 2.24) is 20.2 Å². The summed E-state index contributed by atoms with van der Waals surface area (Å²) in [5, 5.41) is 22.6. The average Bonchev–Trinajstić information content (AvgIpc) is 3.17. The van der Waals surface area contributed by atoms with Crippen molar-refractivity contribution in [2.45, 2.75) is 12.3 Å². The molecule has 12 heteroatoms. The number of pyridine rings is 2. The normalized spacial score (nSPS) is 17.3. The molecule has 1 aromatic carbocycles. The smallest absolute Gasteiger partial charge is 0.269 e. The fourth-order valence-corrected chi connectivity index (χ4v) is 4.53. The van der Waals surface area contributed by atoms with Gasteiger partial charge in [0.1, 0.15) is 23.6 Å². The molecule has 0 bridgehead atoms. The van der Waals surface area contributed by atoms with E-state index >= 15 is 4.39 Å². The number of anilines is 1. The predicted molar refractivity (Wildman–Crippen MR) is 121 cm³/mol.